The molecule has 2 aliphatic heterocycles. The summed E-state index contributed by atoms with van der Waals surface area (Å²) in [4.78, 5) is 33.0. The molecule has 1 aromatic rings. The van der Waals surface area contributed by atoms with Crippen LogP contribution < -0.4 is 5.32 Å². The van der Waals surface area contributed by atoms with E-state index in [9.17, 15) is 9.59 Å². The number of benzene rings is 1. The summed E-state index contributed by atoms with van der Waals surface area (Å²) in [7, 11) is 0. The van der Waals surface area contributed by atoms with Crippen molar-refractivity contribution in [2.45, 2.75) is 57.9 Å². The number of amides is 2. The second-order valence-corrected chi connectivity index (χ2v) is 9.88. The third-order valence-corrected chi connectivity index (χ3v) is 7.58. The van der Waals surface area contributed by atoms with Gasteiger partial charge < -0.3 is 15.1 Å². The van der Waals surface area contributed by atoms with Crippen LogP contribution in [0, 0.1) is 12.8 Å². The lowest BCUT2D eigenvalue weighted by atomic mass is 9.95. The zero-order chi connectivity index (χ0) is 22.3. The third kappa shape index (κ3) is 5.90. The number of likely N-dealkylation sites (tertiary alicyclic amines) is 1. The fourth-order valence-corrected chi connectivity index (χ4v) is 5.66. The summed E-state index contributed by atoms with van der Waals surface area (Å²) in [5.41, 5.74) is 1.92. The van der Waals surface area contributed by atoms with Gasteiger partial charge in [-0.2, -0.15) is 0 Å². The fourth-order valence-electron chi connectivity index (χ4n) is 5.66. The number of hydrogen-bond acceptors (Lipinski definition) is 4. The van der Waals surface area contributed by atoms with Crippen LogP contribution in [0.1, 0.15) is 60.9 Å². The van der Waals surface area contributed by atoms with Gasteiger partial charge in [-0.25, -0.2) is 0 Å². The van der Waals surface area contributed by atoms with Crippen LogP contribution in [-0.4, -0.2) is 84.9 Å². The predicted molar refractivity (Wildman–Crippen MR) is 128 cm³/mol. The first kappa shape index (κ1) is 23.2. The van der Waals surface area contributed by atoms with Crippen molar-refractivity contribution in [1.82, 2.24) is 20.0 Å². The number of aryl methyl sites for hydroxylation is 1. The molecule has 1 atom stereocenters. The maximum absolute atomic E-state index is 13.3. The van der Waals surface area contributed by atoms with Crippen molar-refractivity contribution in [2.75, 3.05) is 52.4 Å². The van der Waals surface area contributed by atoms with Gasteiger partial charge in [-0.3, -0.25) is 14.5 Å². The highest BCUT2D eigenvalue weighted by molar-refractivity contribution is 5.94. The molecule has 0 aromatic heterocycles. The highest BCUT2D eigenvalue weighted by atomic mass is 16.2. The SMILES string of the molecule is Cc1ccc(C(=O)N2CCN([C@H](C(=O)NCCN3CCCCC3)C3CCCC3)CC2)cc1. The first-order chi connectivity index (χ1) is 15.6. The number of piperidine rings is 1. The summed E-state index contributed by atoms with van der Waals surface area (Å²) in [6, 6.07) is 7.78. The Hall–Kier alpha value is -1.92. The summed E-state index contributed by atoms with van der Waals surface area (Å²) in [5, 5.41) is 3.27. The molecule has 0 bridgehead atoms. The molecule has 0 unspecified atom stereocenters. The van der Waals surface area contributed by atoms with Gasteiger partial charge in [-0.1, -0.05) is 37.0 Å². The molecule has 1 aliphatic carbocycles. The smallest absolute Gasteiger partial charge is 0.253 e. The lowest BCUT2D eigenvalue weighted by Gasteiger charge is -2.41. The summed E-state index contributed by atoms with van der Waals surface area (Å²) in [6.07, 6.45) is 8.65. The number of rotatable bonds is 7. The number of carbonyl (C=O) groups excluding carboxylic acids is 2. The highest BCUT2D eigenvalue weighted by Gasteiger charge is 2.37. The zero-order valence-corrected chi connectivity index (χ0v) is 19.7. The van der Waals surface area contributed by atoms with E-state index >= 15 is 0 Å². The fraction of sp³-hybridized carbons (Fsp3) is 0.692. The van der Waals surface area contributed by atoms with Crippen LogP contribution in [0.15, 0.2) is 24.3 Å². The van der Waals surface area contributed by atoms with Gasteiger partial charge in [0.25, 0.3) is 5.91 Å². The maximum Gasteiger partial charge on any atom is 0.253 e. The molecule has 3 fully saturated rings. The molecular formula is C26H40N4O2. The lowest BCUT2D eigenvalue weighted by Crippen LogP contribution is -2.58. The van der Waals surface area contributed by atoms with Crippen LogP contribution in [0.3, 0.4) is 0 Å². The molecule has 0 radical (unpaired) electrons. The molecular weight excluding hydrogens is 400 g/mol. The van der Waals surface area contributed by atoms with Gasteiger partial charge in [0.2, 0.25) is 5.91 Å². The Morgan fingerprint density at radius 1 is 0.906 bits per heavy atom. The molecule has 2 amide bonds. The highest BCUT2D eigenvalue weighted by Crippen LogP contribution is 2.31. The topological polar surface area (TPSA) is 55.9 Å². The van der Waals surface area contributed by atoms with E-state index in [1.165, 1.54) is 45.2 Å². The largest absolute Gasteiger partial charge is 0.353 e. The van der Waals surface area contributed by atoms with Crippen molar-refractivity contribution in [2.24, 2.45) is 5.92 Å². The molecule has 1 N–H and O–H groups in total. The van der Waals surface area contributed by atoms with Crippen molar-refractivity contribution in [3.05, 3.63) is 35.4 Å². The van der Waals surface area contributed by atoms with E-state index in [0.717, 1.165) is 50.1 Å². The Morgan fingerprint density at radius 3 is 2.22 bits per heavy atom. The van der Waals surface area contributed by atoms with Crippen molar-refractivity contribution in [3.8, 4) is 0 Å². The Bertz CT molecular complexity index is 746. The van der Waals surface area contributed by atoms with Crippen molar-refractivity contribution in [3.63, 3.8) is 0 Å². The van der Waals surface area contributed by atoms with E-state index in [2.05, 4.69) is 15.1 Å². The molecule has 2 heterocycles. The molecule has 0 spiro atoms. The van der Waals surface area contributed by atoms with E-state index in [1.54, 1.807) is 0 Å². The van der Waals surface area contributed by atoms with Crippen LogP contribution in [0.25, 0.3) is 0 Å². The monoisotopic (exact) mass is 440 g/mol. The second kappa shape index (κ2) is 11.3. The number of carbonyl (C=O) groups is 2. The van der Waals surface area contributed by atoms with Gasteiger partial charge in [0.1, 0.15) is 0 Å². The molecule has 1 aromatic carbocycles. The van der Waals surface area contributed by atoms with E-state index in [0.29, 0.717) is 19.0 Å². The molecule has 6 heteroatoms. The average Bonchev–Trinajstić information content (AvgIpc) is 3.35. The second-order valence-electron chi connectivity index (χ2n) is 9.88. The Labute approximate surface area is 193 Å². The van der Waals surface area contributed by atoms with Gasteiger partial charge in [-0.15, -0.1) is 0 Å². The van der Waals surface area contributed by atoms with Gasteiger partial charge in [0.05, 0.1) is 6.04 Å². The number of hydrogen-bond donors (Lipinski definition) is 1. The van der Waals surface area contributed by atoms with Crippen LogP contribution in [-0.2, 0) is 4.79 Å². The minimum absolute atomic E-state index is 0.0458. The van der Waals surface area contributed by atoms with Crippen LogP contribution in [0.4, 0.5) is 0 Å². The Morgan fingerprint density at radius 2 is 1.56 bits per heavy atom. The molecule has 6 nitrogen and oxygen atoms in total. The lowest BCUT2D eigenvalue weighted by molar-refractivity contribution is -0.129. The van der Waals surface area contributed by atoms with Crippen molar-refractivity contribution >= 4 is 11.8 Å². The minimum Gasteiger partial charge on any atom is -0.353 e. The maximum atomic E-state index is 13.3. The van der Waals surface area contributed by atoms with E-state index < -0.39 is 0 Å². The molecule has 3 aliphatic rings. The quantitative estimate of drug-likeness (QED) is 0.708. The van der Waals surface area contributed by atoms with Gasteiger partial charge >= 0.3 is 0 Å². The summed E-state index contributed by atoms with van der Waals surface area (Å²) in [5.74, 6) is 0.754. The zero-order valence-electron chi connectivity index (χ0n) is 19.7. The summed E-state index contributed by atoms with van der Waals surface area (Å²) >= 11 is 0. The van der Waals surface area contributed by atoms with Gasteiger partial charge in [-0.05, 0) is 63.7 Å². The van der Waals surface area contributed by atoms with E-state index in [-0.39, 0.29) is 17.9 Å². The van der Waals surface area contributed by atoms with Gasteiger partial charge in [0.15, 0.2) is 0 Å². The van der Waals surface area contributed by atoms with Crippen molar-refractivity contribution < 1.29 is 9.59 Å². The third-order valence-electron chi connectivity index (χ3n) is 7.58. The molecule has 2 saturated heterocycles. The van der Waals surface area contributed by atoms with Crippen LogP contribution in [0.2, 0.25) is 0 Å². The van der Waals surface area contributed by atoms with Crippen LogP contribution in [0.5, 0.6) is 0 Å². The summed E-state index contributed by atoms with van der Waals surface area (Å²) < 4.78 is 0. The first-order valence-corrected chi connectivity index (χ1v) is 12.7. The normalized spacial score (nSPS) is 22.1. The Balaban J connectivity index is 1.31. The minimum atomic E-state index is -0.0458. The molecule has 32 heavy (non-hydrogen) atoms. The molecule has 4 rings (SSSR count). The van der Waals surface area contributed by atoms with E-state index in [4.69, 9.17) is 0 Å². The standard InChI is InChI=1S/C26H40N4O2/c1-21-9-11-23(12-10-21)26(32)30-19-17-29(18-20-30)24(22-7-3-4-8-22)25(31)27-13-16-28-14-5-2-6-15-28/h9-12,22,24H,2-8,13-20H2,1H3,(H,27,31)/t24-/m0/s1. The molecule has 1 saturated carbocycles. The number of nitrogens with zero attached hydrogens (tertiary/aromatic N) is 3. The van der Waals surface area contributed by atoms with Crippen molar-refractivity contribution in [1.29, 1.82) is 0 Å². The number of nitrogens with one attached hydrogen (secondary N) is 1. The van der Waals surface area contributed by atoms with Gasteiger partial charge in [0, 0.05) is 44.8 Å². The van der Waals surface area contributed by atoms with Crippen LogP contribution >= 0.6 is 0 Å². The number of piperazine rings is 1. The first-order valence-electron chi connectivity index (χ1n) is 12.7. The predicted octanol–water partition coefficient (Wildman–Crippen LogP) is 2.91. The molecule has 176 valence electrons. The Kier molecular flexibility index (Phi) is 8.20. The average molecular weight is 441 g/mol. The van der Waals surface area contributed by atoms with E-state index in [1.807, 2.05) is 36.1 Å². The summed E-state index contributed by atoms with van der Waals surface area (Å²) in [6.45, 7) is 9.01.